The van der Waals surface area contributed by atoms with Crippen molar-refractivity contribution in [2.45, 2.75) is 39.5 Å². The molecule has 0 bridgehead atoms. The van der Waals surface area contributed by atoms with Crippen molar-refractivity contribution in [3.63, 3.8) is 0 Å². The molecular weight excluding hydrogens is 230 g/mol. The molecule has 1 aromatic carbocycles. The van der Waals surface area contributed by atoms with E-state index in [1.54, 1.807) is 14.0 Å². The van der Waals surface area contributed by atoms with Crippen LogP contribution in [0.4, 0.5) is 0 Å². The van der Waals surface area contributed by atoms with Crippen molar-refractivity contribution in [2.24, 2.45) is 0 Å². The van der Waals surface area contributed by atoms with E-state index in [0.717, 1.165) is 18.7 Å². The minimum Gasteiger partial charge on any atom is -0.493 e. The van der Waals surface area contributed by atoms with Crippen LogP contribution >= 0.6 is 0 Å². The van der Waals surface area contributed by atoms with Crippen LogP contribution in [0.5, 0.6) is 11.5 Å². The second-order valence-electron chi connectivity index (χ2n) is 4.29. The average molecular weight is 253 g/mol. The molecule has 0 aromatic heterocycles. The lowest BCUT2D eigenvalue weighted by molar-refractivity contribution is 0.0579. The lowest BCUT2D eigenvalue weighted by Crippen LogP contribution is -2.26. The third-order valence-electron chi connectivity index (χ3n) is 2.83. The molecule has 102 valence electrons. The van der Waals surface area contributed by atoms with Gasteiger partial charge in [-0.1, -0.05) is 19.1 Å². The van der Waals surface area contributed by atoms with Gasteiger partial charge in [0.1, 0.15) is 6.10 Å². The van der Waals surface area contributed by atoms with Crippen LogP contribution in [0.25, 0.3) is 0 Å². The molecule has 0 fully saturated rings. The molecule has 1 rings (SSSR count). The summed E-state index contributed by atoms with van der Waals surface area (Å²) in [5.41, 5.74) is 1.03. The first-order valence-electron chi connectivity index (χ1n) is 6.31. The van der Waals surface area contributed by atoms with E-state index in [1.807, 2.05) is 25.1 Å². The Bertz CT molecular complexity index is 366. The number of nitrogens with one attached hydrogen (secondary N) is 1. The highest BCUT2D eigenvalue weighted by Gasteiger charge is 2.16. The number of hydrogen-bond acceptors (Lipinski definition) is 4. The Labute approximate surface area is 109 Å². The Morgan fingerprint density at radius 2 is 2.06 bits per heavy atom. The second-order valence-corrected chi connectivity index (χ2v) is 4.29. The zero-order chi connectivity index (χ0) is 13.5. The normalized spacial score (nSPS) is 14.1. The summed E-state index contributed by atoms with van der Waals surface area (Å²) in [5.74, 6) is 1.40. The van der Waals surface area contributed by atoms with Crippen molar-refractivity contribution < 1.29 is 14.6 Å². The predicted molar refractivity (Wildman–Crippen MR) is 72.1 cm³/mol. The number of hydrogen-bond donors (Lipinski definition) is 2. The molecule has 1 aromatic rings. The molecule has 0 aliphatic heterocycles. The van der Waals surface area contributed by atoms with Gasteiger partial charge in [0.05, 0.1) is 13.2 Å². The number of ether oxygens (including phenoxy) is 2. The van der Waals surface area contributed by atoms with Crippen LogP contribution in [0.2, 0.25) is 0 Å². The fourth-order valence-electron chi connectivity index (χ4n) is 1.54. The molecule has 4 nitrogen and oxygen atoms in total. The molecule has 4 heteroatoms. The average Bonchev–Trinajstić information content (AvgIpc) is 2.37. The third kappa shape index (κ3) is 3.89. The SMILES string of the molecule is CCNCc1cccc(OC)c1OC(C)C(C)O. The molecule has 0 heterocycles. The standard InChI is InChI=1S/C14H23NO3/c1-5-15-9-12-7-6-8-13(17-4)14(12)18-11(3)10(2)16/h6-8,10-11,15-16H,5,9H2,1-4H3. The van der Waals surface area contributed by atoms with Gasteiger partial charge in [0.15, 0.2) is 11.5 Å². The third-order valence-corrected chi connectivity index (χ3v) is 2.83. The van der Waals surface area contributed by atoms with Crippen molar-refractivity contribution >= 4 is 0 Å². The second kappa shape index (κ2) is 7.24. The zero-order valence-electron chi connectivity index (χ0n) is 11.6. The lowest BCUT2D eigenvalue weighted by atomic mass is 10.1. The number of methoxy groups -OCH3 is 1. The molecule has 0 aliphatic rings. The quantitative estimate of drug-likeness (QED) is 0.780. The van der Waals surface area contributed by atoms with Gasteiger partial charge in [0, 0.05) is 12.1 Å². The highest BCUT2D eigenvalue weighted by Crippen LogP contribution is 2.32. The summed E-state index contributed by atoms with van der Waals surface area (Å²) in [4.78, 5) is 0. The summed E-state index contributed by atoms with van der Waals surface area (Å²) in [6, 6.07) is 5.79. The van der Waals surface area contributed by atoms with Gasteiger partial charge in [0.2, 0.25) is 0 Å². The predicted octanol–water partition coefficient (Wildman–Crippen LogP) is 1.95. The maximum atomic E-state index is 9.53. The smallest absolute Gasteiger partial charge is 0.166 e. The van der Waals surface area contributed by atoms with Crippen LogP contribution in [0.1, 0.15) is 26.3 Å². The van der Waals surface area contributed by atoms with Gasteiger partial charge in [-0.25, -0.2) is 0 Å². The summed E-state index contributed by atoms with van der Waals surface area (Å²) >= 11 is 0. The molecule has 0 amide bonds. The van der Waals surface area contributed by atoms with Gasteiger partial charge in [-0.3, -0.25) is 0 Å². The highest BCUT2D eigenvalue weighted by molar-refractivity contribution is 5.46. The Morgan fingerprint density at radius 3 is 2.61 bits per heavy atom. The first-order chi connectivity index (χ1) is 8.60. The van der Waals surface area contributed by atoms with E-state index in [4.69, 9.17) is 9.47 Å². The monoisotopic (exact) mass is 253 g/mol. The zero-order valence-corrected chi connectivity index (χ0v) is 11.6. The fraction of sp³-hybridized carbons (Fsp3) is 0.571. The van der Waals surface area contributed by atoms with Gasteiger partial charge >= 0.3 is 0 Å². The molecule has 0 saturated carbocycles. The van der Waals surface area contributed by atoms with Gasteiger partial charge in [0.25, 0.3) is 0 Å². The van der Waals surface area contributed by atoms with E-state index >= 15 is 0 Å². The highest BCUT2D eigenvalue weighted by atomic mass is 16.5. The topological polar surface area (TPSA) is 50.7 Å². The minimum atomic E-state index is -0.526. The van der Waals surface area contributed by atoms with Crippen molar-refractivity contribution in [1.82, 2.24) is 5.32 Å². The Kier molecular flexibility index (Phi) is 5.95. The van der Waals surface area contributed by atoms with Crippen molar-refractivity contribution in [2.75, 3.05) is 13.7 Å². The first-order valence-corrected chi connectivity index (χ1v) is 6.31. The Morgan fingerprint density at radius 1 is 1.33 bits per heavy atom. The van der Waals surface area contributed by atoms with Crippen LogP contribution in [0, 0.1) is 0 Å². The van der Waals surface area contributed by atoms with Crippen LogP contribution < -0.4 is 14.8 Å². The number of benzene rings is 1. The van der Waals surface area contributed by atoms with Gasteiger partial charge in [-0.2, -0.15) is 0 Å². The van der Waals surface area contributed by atoms with Crippen LogP contribution in [-0.4, -0.2) is 31.0 Å². The molecule has 2 N–H and O–H groups in total. The van der Waals surface area contributed by atoms with E-state index in [9.17, 15) is 5.11 Å². The molecule has 0 aliphatic carbocycles. The number of aliphatic hydroxyl groups is 1. The fourth-order valence-corrected chi connectivity index (χ4v) is 1.54. The summed E-state index contributed by atoms with van der Waals surface area (Å²) < 4.78 is 11.1. The number of rotatable bonds is 7. The van der Waals surface area contributed by atoms with E-state index in [-0.39, 0.29) is 6.10 Å². The van der Waals surface area contributed by atoms with Crippen molar-refractivity contribution in [3.8, 4) is 11.5 Å². The summed E-state index contributed by atoms with van der Waals surface area (Å²) in [6.07, 6.45) is -0.802. The molecule has 0 spiro atoms. The lowest BCUT2D eigenvalue weighted by Gasteiger charge is -2.21. The number of aliphatic hydroxyl groups excluding tert-OH is 1. The number of para-hydroxylation sites is 1. The molecular formula is C14H23NO3. The van der Waals surface area contributed by atoms with Crippen LogP contribution in [-0.2, 0) is 6.54 Å². The summed E-state index contributed by atoms with van der Waals surface area (Å²) in [7, 11) is 1.62. The van der Waals surface area contributed by atoms with E-state index in [2.05, 4.69) is 12.2 Å². The Hall–Kier alpha value is -1.26. The van der Waals surface area contributed by atoms with Crippen LogP contribution in [0.15, 0.2) is 18.2 Å². The summed E-state index contributed by atoms with van der Waals surface area (Å²) in [6.45, 7) is 7.22. The maximum Gasteiger partial charge on any atom is 0.166 e. The molecule has 2 unspecified atom stereocenters. The maximum absolute atomic E-state index is 9.53. The molecule has 0 saturated heterocycles. The Balaban J connectivity index is 2.95. The van der Waals surface area contributed by atoms with Crippen molar-refractivity contribution in [1.29, 1.82) is 0 Å². The van der Waals surface area contributed by atoms with Gasteiger partial charge in [-0.15, -0.1) is 0 Å². The largest absolute Gasteiger partial charge is 0.493 e. The van der Waals surface area contributed by atoms with Crippen LogP contribution in [0.3, 0.4) is 0 Å². The first kappa shape index (κ1) is 14.8. The minimum absolute atomic E-state index is 0.276. The molecule has 18 heavy (non-hydrogen) atoms. The van der Waals surface area contributed by atoms with Gasteiger partial charge in [-0.05, 0) is 26.5 Å². The van der Waals surface area contributed by atoms with E-state index in [1.165, 1.54) is 0 Å². The van der Waals surface area contributed by atoms with Crippen molar-refractivity contribution in [3.05, 3.63) is 23.8 Å². The van der Waals surface area contributed by atoms with E-state index in [0.29, 0.717) is 11.5 Å². The van der Waals surface area contributed by atoms with Gasteiger partial charge < -0.3 is 19.9 Å². The molecule has 0 radical (unpaired) electrons. The van der Waals surface area contributed by atoms with E-state index < -0.39 is 6.10 Å². The molecule has 2 atom stereocenters. The summed E-state index contributed by atoms with van der Waals surface area (Å²) in [5, 5.41) is 12.8.